The molecular weight excluding hydrogens is 503 g/mol. The Morgan fingerprint density at radius 3 is 2.47 bits per heavy atom. The van der Waals surface area contributed by atoms with Gasteiger partial charge in [-0.15, -0.1) is 5.10 Å². The van der Waals surface area contributed by atoms with Crippen LogP contribution in [0, 0.1) is 0 Å². The van der Waals surface area contributed by atoms with Crippen molar-refractivity contribution in [3.05, 3.63) is 48.2 Å². The van der Waals surface area contributed by atoms with Gasteiger partial charge in [-0.2, -0.15) is 32.6 Å². The summed E-state index contributed by atoms with van der Waals surface area (Å²) in [6, 6.07) is 11.3. The van der Waals surface area contributed by atoms with Crippen LogP contribution >= 0.6 is 0 Å². The number of aromatic nitrogens is 5. The van der Waals surface area contributed by atoms with Crippen LogP contribution in [0.3, 0.4) is 0 Å². The SMILES string of the molecule is Nc1nc(NCCc2ccc(OCCN3CCN(CC(F)(F)F)CC3)cc2)nc2nc(-c3ccco3)nn12. The van der Waals surface area contributed by atoms with Gasteiger partial charge in [-0.25, -0.2) is 0 Å². The number of anilines is 2. The monoisotopic (exact) mass is 531 g/mol. The Balaban J connectivity index is 1.04. The van der Waals surface area contributed by atoms with Crippen molar-refractivity contribution in [1.29, 1.82) is 0 Å². The fourth-order valence-electron chi connectivity index (χ4n) is 4.18. The van der Waals surface area contributed by atoms with Gasteiger partial charge in [0.25, 0.3) is 5.78 Å². The molecule has 1 aliphatic rings. The van der Waals surface area contributed by atoms with Crippen molar-refractivity contribution in [3.63, 3.8) is 0 Å². The fraction of sp³-hybridized carbons (Fsp3) is 0.417. The number of nitrogens with two attached hydrogens (primary N) is 1. The van der Waals surface area contributed by atoms with Crippen LogP contribution in [0.4, 0.5) is 25.1 Å². The minimum Gasteiger partial charge on any atom is -0.492 e. The number of rotatable bonds is 10. The third kappa shape index (κ3) is 6.69. The van der Waals surface area contributed by atoms with E-state index in [1.165, 1.54) is 15.7 Å². The van der Waals surface area contributed by atoms with Gasteiger partial charge in [0.05, 0.1) is 12.8 Å². The molecule has 0 unspecified atom stereocenters. The largest absolute Gasteiger partial charge is 0.492 e. The van der Waals surface area contributed by atoms with Crippen molar-refractivity contribution < 1.29 is 22.3 Å². The van der Waals surface area contributed by atoms with Crippen molar-refractivity contribution in [3.8, 4) is 17.3 Å². The molecule has 1 aliphatic heterocycles. The average Bonchev–Trinajstić information content (AvgIpc) is 3.56. The topological polar surface area (TPSA) is 123 Å². The van der Waals surface area contributed by atoms with Crippen LogP contribution in [0.1, 0.15) is 5.56 Å². The zero-order valence-electron chi connectivity index (χ0n) is 20.6. The highest BCUT2D eigenvalue weighted by Gasteiger charge is 2.32. The number of hydrogen-bond acceptors (Lipinski definition) is 10. The zero-order chi connectivity index (χ0) is 26.5. The summed E-state index contributed by atoms with van der Waals surface area (Å²) in [5.41, 5.74) is 7.12. The summed E-state index contributed by atoms with van der Waals surface area (Å²) in [6.45, 7) is 2.93. The van der Waals surface area contributed by atoms with E-state index in [9.17, 15) is 13.2 Å². The number of hydrogen-bond donors (Lipinski definition) is 2. The Bertz CT molecular complexity index is 1320. The smallest absolute Gasteiger partial charge is 0.401 e. The maximum Gasteiger partial charge on any atom is 0.401 e. The van der Waals surface area contributed by atoms with E-state index >= 15 is 0 Å². The second-order valence-electron chi connectivity index (χ2n) is 8.93. The molecule has 0 radical (unpaired) electrons. The second kappa shape index (κ2) is 11.2. The quantitative estimate of drug-likeness (QED) is 0.316. The maximum atomic E-state index is 12.5. The van der Waals surface area contributed by atoms with Crippen LogP contribution in [0.5, 0.6) is 5.75 Å². The van der Waals surface area contributed by atoms with Gasteiger partial charge < -0.3 is 20.2 Å². The lowest BCUT2D eigenvalue weighted by molar-refractivity contribution is -0.149. The normalized spacial score (nSPS) is 15.2. The maximum absolute atomic E-state index is 12.5. The number of halogens is 3. The number of furan rings is 1. The summed E-state index contributed by atoms with van der Waals surface area (Å²) < 4.78 is 50.0. The second-order valence-corrected chi connectivity index (χ2v) is 8.93. The van der Waals surface area contributed by atoms with Crippen molar-refractivity contribution >= 4 is 17.7 Å². The van der Waals surface area contributed by atoms with Crippen molar-refractivity contribution in [2.24, 2.45) is 0 Å². The van der Waals surface area contributed by atoms with Gasteiger partial charge in [-0.1, -0.05) is 12.1 Å². The van der Waals surface area contributed by atoms with Crippen molar-refractivity contribution in [1.82, 2.24) is 34.4 Å². The third-order valence-corrected chi connectivity index (χ3v) is 6.14. The van der Waals surface area contributed by atoms with Gasteiger partial charge in [-0.3, -0.25) is 9.80 Å². The number of alkyl halides is 3. The molecule has 11 nitrogen and oxygen atoms in total. The highest BCUT2D eigenvalue weighted by molar-refractivity contribution is 5.52. The van der Waals surface area contributed by atoms with E-state index in [4.69, 9.17) is 14.9 Å². The number of ether oxygens (including phenoxy) is 1. The van der Waals surface area contributed by atoms with Crippen LogP contribution in [0.15, 0.2) is 47.1 Å². The van der Waals surface area contributed by atoms with E-state index in [2.05, 4.69) is 30.3 Å². The van der Waals surface area contributed by atoms with E-state index in [1.54, 1.807) is 12.1 Å². The van der Waals surface area contributed by atoms with Gasteiger partial charge >= 0.3 is 6.18 Å². The molecule has 0 atom stereocenters. The van der Waals surface area contributed by atoms with Gasteiger partial charge in [-0.05, 0) is 36.2 Å². The molecule has 5 rings (SSSR count). The van der Waals surface area contributed by atoms with Crippen LogP contribution < -0.4 is 15.8 Å². The van der Waals surface area contributed by atoms with Gasteiger partial charge in [0.2, 0.25) is 17.7 Å². The molecule has 1 saturated heterocycles. The molecule has 1 fully saturated rings. The lowest BCUT2D eigenvalue weighted by Gasteiger charge is -2.34. The zero-order valence-corrected chi connectivity index (χ0v) is 20.6. The molecule has 0 aliphatic carbocycles. The molecule has 4 heterocycles. The predicted octanol–water partition coefficient (Wildman–Crippen LogP) is 2.57. The third-order valence-electron chi connectivity index (χ3n) is 6.14. The molecule has 202 valence electrons. The average molecular weight is 532 g/mol. The predicted molar refractivity (Wildman–Crippen MR) is 134 cm³/mol. The van der Waals surface area contributed by atoms with Gasteiger partial charge in [0.15, 0.2) is 5.76 Å². The van der Waals surface area contributed by atoms with E-state index in [0.717, 1.165) is 17.7 Å². The standard InChI is InChI=1S/C24H28F3N9O2/c25-24(26,27)16-35-11-9-34(10-12-35)13-15-37-18-5-3-17(4-6-18)7-8-29-22-31-21(28)36-23(32-22)30-20(33-36)19-2-1-14-38-19/h1-6,14H,7-13,15-16H2,(H3,28,29,30,31,32,33). The summed E-state index contributed by atoms with van der Waals surface area (Å²) in [6.07, 6.45) is -1.88. The Morgan fingerprint density at radius 1 is 1.00 bits per heavy atom. The highest BCUT2D eigenvalue weighted by atomic mass is 19.4. The summed E-state index contributed by atoms with van der Waals surface area (Å²) in [4.78, 5) is 16.5. The Hall–Kier alpha value is -3.91. The molecule has 38 heavy (non-hydrogen) atoms. The van der Waals surface area contributed by atoms with Crippen LogP contribution in [-0.2, 0) is 6.42 Å². The van der Waals surface area contributed by atoms with E-state index in [-0.39, 0.29) is 5.95 Å². The minimum atomic E-state index is -4.15. The number of benzene rings is 1. The highest BCUT2D eigenvalue weighted by Crippen LogP contribution is 2.19. The minimum absolute atomic E-state index is 0.160. The number of piperazine rings is 1. The Kier molecular flexibility index (Phi) is 7.60. The van der Waals surface area contributed by atoms with Gasteiger partial charge in [0, 0.05) is 39.3 Å². The number of nitrogens with one attached hydrogen (secondary N) is 1. The molecule has 0 amide bonds. The first-order valence-corrected chi connectivity index (χ1v) is 12.2. The molecule has 3 N–H and O–H groups in total. The number of nitrogens with zero attached hydrogens (tertiary/aromatic N) is 7. The van der Waals surface area contributed by atoms with Crippen molar-refractivity contribution in [2.75, 3.05) is 63.5 Å². The molecular formula is C24H28F3N9O2. The van der Waals surface area contributed by atoms with E-state index in [0.29, 0.717) is 69.2 Å². The number of fused-ring (bicyclic) bond motifs is 1. The van der Waals surface area contributed by atoms with Crippen LogP contribution in [0.2, 0.25) is 0 Å². The lowest BCUT2D eigenvalue weighted by atomic mass is 10.1. The van der Waals surface area contributed by atoms with Crippen molar-refractivity contribution in [2.45, 2.75) is 12.6 Å². The summed E-state index contributed by atoms with van der Waals surface area (Å²) in [7, 11) is 0. The molecule has 14 heteroatoms. The first kappa shape index (κ1) is 25.7. The first-order chi connectivity index (χ1) is 18.3. The summed E-state index contributed by atoms with van der Waals surface area (Å²) in [5, 5.41) is 7.44. The van der Waals surface area contributed by atoms with Crippen LogP contribution in [0.25, 0.3) is 17.4 Å². The molecule has 1 aromatic carbocycles. The number of nitrogen functional groups attached to an aromatic ring is 1. The Morgan fingerprint density at radius 2 is 1.76 bits per heavy atom. The van der Waals surface area contributed by atoms with Crippen LogP contribution in [-0.4, -0.2) is 93.0 Å². The molecule has 0 spiro atoms. The van der Waals surface area contributed by atoms with E-state index < -0.39 is 12.7 Å². The Labute approximate surface area is 216 Å². The molecule has 0 bridgehead atoms. The fourth-order valence-corrected chi connectivity index (χ4v) is 4.18. The molecule has 3 aromatic heterocycles. The summed E-state index contributed by atoms with van der Waals surface area (Å²) in [5.74, 6) is 2.47. The lowest BCUT2D eigenvalue weighted by Crippen LogP contribution is -2.49. The molecule has 4 aromatic rings. The van der Waals surface area contributed by atoms with Gasteiger partial charge in [0.1, 0.15) is 12.4 Å². The first-order valence-electron chi connectivity index (χ1n) is 12.2. The summed E-state index contributed by atoms with van der Waals surface area (Å²) >= 11 is 0. The molecule has 0 saturated carbocycles. The van der Waals surface area contributed by atoms with E-state index in [1.807, 2.05) is 24.3 Å².